The first kappa shape index (κ1) is 8.75. The molecule has 72 valence electrons. The van der Waals surface area contributed by atoms with Crippen LogP contribution in [-0.4, -0.2) is 24.3 Å². The Labute approximate surface area is 77.7 Å². The Morgan fingerprint density at radius 3 is 2.85 bits per heavy atom. The van der Waals surface area contributed by atoms with Gasteiger partial charge in [-0.1, -0.05) is 19.9 Å². The molecule has 2 rings (SSSR count). The zero-order chi connectivity index (χ0) is 9.47. The minimum absolute atomic E-state index is 0.0672. The van der Waals surface area contributed by atoms with Crippen LogP contribution < -0.4 is 0 Å². The monoisotopic (exact) mass is 182 g/mol. The molecule has 0 spiro atoms. The maximum atomic E-state index is 11.4. The van der Waals surface area contributed by atoms with Gasteiger partial charge in [0.05, 0.1) is 18.6 Å². The third-order valence-electron chi connectivity index (χ3n) is 2.48. The number of fused-ring (bicyclic) bond motifs is 2. The van der Waals surface area contributed by atoms with E-state index in [9.17, 15) is 4.79 Å². The van der Waals surface area contributed by atoms with E-state index in [0.717, 1.165) is 6.42 Å². The van der Waals surface area contributed by atoms with E-state index in [1.807, 2.05) is 26.0 Å². The predicted molar refractivity (Wildman–Crippen MR) is 47.2 cm³/mol. The third kappa shape index (κ3) is 1.48. The van der Waals surface area contributed by atoms with Gasteiger partial charge in [-0.05, 0) is 6.08 Å². The number of rotatable bonds is 2. The van der Waals surface area contributed by atoms with Gasteiger partial charge in [0.15, 0.2) is 5.60 Å². The zero-order valence-corrected chi connectivity index (χ0v) is 7.95. The molecule has 1 saturated heterocycles. The molecule has 1 aliphatic heterocycles. The van der Waals surface area contributed by atoms with Gasteiger partial charge in [-0.25, -0.2) is 0 Å². The van der Waals surface area contributed by atoms with E-state index in [-0.39, 0.29) is 18.0 Å². The second-order valence-electron chi connectivity index (χ2n) is 4.05. The molecule has 1 fully saturated rings. The van der Waals surface area contributed by atoms with Crippen molar-refractivity contribution in [1.82, 2.24) is 0 Å². The van der Waals surface area contributed by atoms with Crippen molar-refractivity contribution in [2.24, 2.45) is 5.92 Å². The van der Waals surface area contributed by atoms with Crippen molar-refractivity contribution >= 4 is 5.97 Å². The van der Waals surface area contributed by atoms with Crippen LogP contribution >= 0.6 is 0 Å². The molecule has 0 radical (unpaired) electrons. The summed E-state index contributed by atoms with van der Waals surface area (Å²) in [6.07, 6.45) is 4.89. The summed E-state index contributed by atoms with van der Waals surface area (Å²) in [5.74, 6) is -0.210. The van der Waals surface area contributed by atoms with E-state index in [4.69, 9.17) is 9.47 Å². The Hall–Kier alpha value is -0.830. The SMILES string of the molecule is CC(C)C(=O)OC12C=CC(C1)OC2. The van der Waals surface area contributed by atoms with E-state index in [0.29, 0.717) is 6.61 Å². The van der Waals surface area contributed by atoms with Crippen molar-refractivity contribution in [1.29, 1.82) is 0 Å². The summed E-state index contributed by atoms with van der Waals surface area (Å²) in [6.45, 7) is 4.20. The molecule has 1 heterocycles. The average Bonchev–Trinajstić information content (AvgIpc) is 2.62. The fourth-order valence-electron chi connectivity index (χ4n) is 1.65. The number of hydrogen-bond acceptors (Lipinski definition) is 3. The van der Waals surface area contributed by atoms with Gasteiger partial charge in [-0.3, -0.25) is 4.79 Å². The molecule has 2 unspecified atom stereocenters. The van der Waals surface area contributed by atoms with Gasteiger partial charge in [0.2, 0.25) is 0 Å². The van der Waals surface area contributed by atoms with Crippen LogP contribution in [-0.2, 0) is 14.3 Å². The quantitative estimate of drug-likeness (QED) is 0.476. The summed E-state index contributed by atoms with van der Waals surface area (Å²) in [5.41, 5.74) is -0.438. The highest BCUT2D eigenvalue weighted by atomic mass is 16.6. The van der Waals surface area contributed by atoms with Gasteiger partial charge in [0.25, 0.3) is 0 Å². The Morgan fingerprint density at radius 2 is 2.46 bits per heavy atom. The Kier molecular flexibility index (Phi) is 1.91. The largest absolute Gasteiger partial charge is 0.452 e. The second-order valence-corrected chi connectivity index (χ2v) is 4.05. The van der Waals surface area contributed by atoms with E-state index < -0.39 is 5.60 Å². The highest BCUT2D eigenvalue weighted by Crippen LogP contribution is 2.36. The Morgan fingerprint density at radius 1 is 1.69 bits per heavy atom. The lowest BCUT2D eigenvalue weighted by Gasteiger charge is -2.23. The molecule has 2 atom stereocenters. The maximum absolute atomic E-state index is 11.4. The summed E-state index contributed by atoms with van der Waals surface area (Å²) in [4.78, 5) is 11.4. The Balaban J connectivity index is 2.02. The Bertz CT molecular complexity index is 257. The molecular formula is C10H14O3. The molecule has 2 aliphatic rings. The molecule has 2 bridgehead atoms. The van der Waals surface area contributed by atoms with Crippen molar-refractivity contribution in [3.05, 3.63) is 12.2 Å². The van der Waals surface area contributed by atoms with Gasteiger partial charge in [0, 0.05) is 6.42 Å². The van der Waals surface area contributed by atoms with Crippen molar-refractivity contribution < 1.29 is 14.3 Å². The van der Waals surface area contributed by atoms with Crippen LogP contribution in [0.2, 0.25) is 0 Å². The lowest BCUT2D eigenvalue weighted by molar-refractivity contribution is -0.159. The molecule has 13 heavy (non-hydrogen) atoms. The highest BCUT2D eigenvalue weighted by Gasteiger charge is 2.45. The van der Waals surface area contributed by atoms with Crippen LogP contribution in [0.25, 0.3) is 0 Å². The standard InChI is InChI=1S/C10H14O3/c1-7(2)9(11)13-10-4-3-8(5-10)12-6-10/h3-4,7-8H,5-6H2,1-2H3. The molecule has 3 heteroatoms. The fraction of sp³-hybridized carbons (Fsp3) is 0.700. The van der Waals surface area contributed by atoms with Gasteiger partial charge in [0.1, 0.15) is 0 Å². The minimum atomic E-state index is -0.438. The van der Waals surface area contributed by atoms with Crippen LogP contribution in [0.4, 0.5) is 0 Å². The van der Waals surface area contributed by atoms with Crippen LogP contribution in [0, 0.1) is 5.92 Å². The second kappa shape index (κ2) is 2.84. The third-order valence-corrected chi connectivity index (χ3v) is 2.48. The predicted octanol–water partition coefficient (Wildman–Crippen LogP) is 1.28. The van der Waals surface area contributed by atoms with Crippen molar-refractivity contribution in [2.75, 3.05) is 6.61 Å². The number of esters is 1. The minimum Gasteiger partial charge on any atom is -0.452 e. The van der Waals surface area contributed by atoms with Gasteiger partial charge in [-0.2, -0.15) is 0 Å². The highest BCUT2D eigenvalue weighted by molar-refractivity contribution is 5.72. The summed E-state index contributed by atoms with van der Waals surface area (Å²) < 4.78 is 10.8. The first-order chi connectivity index (χ1) is 6.11. The number of carbonyl (C=O) groups excluding carboxylic acids is 1. The molecular weight excluding hydrogens is 168 g/mol. The summed E-state index contributed by atoms with van der Waals surface area (Å²) in [7, 11) is 0. The van der Waals surface area contributed by atoms with Crippen LogP contribution in [0.5, 0.6) is 0 Å². The number of ether oxygens (including phenoxy) is 2. The zero-order valence-electron chi connectivity index (χ0n) is 7.95. The van der Waals surface area contributed by atoms with Crippen molar-refractivity contribution in [3.63, 3.8) is 0 Å². The van der Waals surface area contributed by atoms with E-state index in [1.54, 1.807) is 0 Å². The average molecular weight is 182 g/mol. The number of carbonyl (C=O) groups is 1. The van der Waals surface area contributed by atoms with Gasteiger partial charge >= 0.3 is 5.97 Å². The number of hydrogen-bond donors (Lipinski definition) is 0. The maximum Gasteiger partial charge on any atom is 0.309 e. The van der Waals surface area contributed by atoms with E-state index >= 15 is 0 Å². The van der Waals surface area contributed by atoms with Gasteiger partial charge < -0.3 is 9.47 Å². The normalized spacial score (nSPS) is 35.8. The van der Waals surface area contributed by atoms with E-state index in [1.165, 1.54) is 0 Å². The smallest absolute Gasteiger partial charge is 0.309 e. The first-order valence-electron chi connectivity index (χ1n) is 4.65. The van der Waals surface area contributed by atoms with Crippen LogP contribution in [0.1, 0.15) is 20.3 Å². The molecule has 3 nitrogen and oxygen atoms in total. The summed E-state index contributed by atoms with van der Waals surface area (Å²) in [5, 5.41) is 0. The lowest BCUT2D eigenvalue weighted by Crippen LogP contribution is -2.34. The molecule has 0 saturated carbocycles. The molecule has 1 aliphatic carbocycles. The van der Waals surface area contributed by atoms with Gasteiger partial charge in [-0.15, -0.1) is 0 Å². The topological polar surface area (TPSA) is 35.5 Å². The molecule has 0 amide bonds. The molecule has 0 aromatic heterocycles. The van der Waals surface area contributed by atoms with Crippen molar-refractivity contribution in [3.8, 4) is 0 Å². The van der Waals surface area contributed by atoms with Crippen molar-refractivity contribution in [2.45, 2.75) is 32.0 Å². The molecule has 0 N–H and O–H groups in total. The van der Waals surface area contributed by atoms with E-state index in [2.05, 4.69) is 0 Å². The fourth-order valence-corrected chi connectivity index (χ4v) is 1.65. The van der Waals surface area contributed by atoms with Crippen LogP contribution in [0.3, 0.4) is 0 Å². The molecule has 0 aromatic rings. The summed E-state index contributed by atoms with van der Waals surface area (Å²) >= 11 is 0. The summed E-state index contributed by atoms with van der Waals surface area (Å²) in [6, 6.07) is 0. The van der Waals surface area contributed by atoms with Crippen LogP contribution in [0.15, 0.2) is 12.2 Å². The first-order valence-corrected chi connectivity index (χ1v) is 4.65. The lowest BCUT2D eigenvalue weighted by atomic mass is 10.1. The molecule has 0 aromatic carbocycles.